The standard InChI is InChI=1S/C9H12Cl3N3O4/c1-19-6(16)3-2-5-4-8(18,9(10,11)12)15(14-5)7(13)17/h18H,2-4H2,1H3,(H2,13,17)/t8-/m0/s1. The quantitative estimate of drug-likeness (QED) is 0.597. The molecule has 0 spiro atoms. The van der Waals surface area contributed by atoms with E-state index in [1.807, 2.05) is 0 Å². The zero-order valence-electron chi connectivity index (χ0n) is 9.90. The molecule has 0 radical (unpaired) electrons. The molecule has 0 unspecified atom stereocenters. The second-order valence-corrected chi connectivity index (χ2v) is 6.16. The number of hydrogen-bond donors (Lipinski definition) is 2. The highest BCUT2D eigenvalue weighted by Crippen LogP contribution is 2.45. The minimum atomic E-state index is -2.20. The van der Waals surface area contributed by atoms with Crippen LogP contribution in [-0.2, 0) is 9.53 Å². The Bertz CT molecular complexity index is 423. The highest BCUT2D eigenvalue weighted by Gasteiger charge is 2.57. The molecular formula is C9H12Cl3N3O4. The molecule has 0 bridgehead atoms. The predicted molar refractivity (Wildman–Crippen MR) is 70.0 cm³/mol. The fourth-order valence-electron chi connectivity index (χ4n) is 1.56. The van der Waals surface area contributed by atoms with Gasteiger partial charge in [0.15, 0.2) is 0 Å². The maximum atomic E-state index is 11.2. The van der Waals surface area contributed by atoms with Crippen LogP contribution in [0.25, 0.3) is 0 Å². The smallest absolute Gasteiger partial charge is 0.338 e. The monoisotopic (exact) mass is 331 g/mol. The fourth-order valence-corrected chi connectivity index (χ4v) is 2.00. The van der Waals surface area contributed by atoms with Crippen molar-refractivity contribution in [3.8, 4) is 0 Å². The van der Waals surface area contributed by atoms with Crippen molar-refractivity contribution in [3.05, 3.63) is 0 Å². The van der Waals surface area contributed by atoms with Crippen LogP contribution in [0.2, 0.25) is 0 Å². The number of primary amides is 1. The molecule has 1 aliphatic heterocycles. The van der Waals surface area contributed by atoms with Gasteiger partial charge in [-0.05, 0) is 6.42 Å². The van der Waals surface area contributed by atoms with E-state index in [0.29, 0.717) is 10.7 Å². The maximum Gasteiger partial charge on any atom is 0.338 e. The summed E-state index contributed by atoms with van der Waals surface area (Å²) in [5, 5.41) is 14.5. The molecule has 0 aliphatic carbocycles. The number of nitrogens with two attached hydrogens (primary N) is 1. The molecule has 2 amide bonds. The van der Waals surface area contributed by atoms with E-state index in [0.717, 1.165) is 0 Å². The topological polar surface area (TPSA) is 105 Å². The summed E-state index contributed by atoms with van der Waals surface area (Å²) in [6, 6.07) is -1.07. The molecule has 1 heterocycles. The van der Waals surface area contributed by atoms with Crippen molar-refractivity contribution in [3.63, 3.8) is 0 Å². The Morgan fingerprint density at radius 3 is 2.53 bits per heavy atom. The number of carbonyl (C=O) groups is 2. The number of ether oxygens (including phenoxy) is 1. The molecule has 0 saturated carbocycles. The number of halogens is 3. The van der Waals surface area contributed by atoms with Gasteiger partial charge in [-0.1, -0.05) is 34.8 Å². The van der Waals surface area contributed by atoms with Crippen molar-refractivity contribution >= 4 is 52.5 Å². The van der Waals surface area contributed by atoms with Crippen LogP contribution in [0, 0.1) is 0 Å². The number of methoxy groups -OCH3 is 1. The summed E-state index contributed by atoms with van der Waals surface area (Å²) in [6.07, 6.45) is -0.0409. The van der Waals surface area contributed by atoms with Crippen molar-refractivity contribution in [2.24, 2.45) is 10.8 Å². The van der Waals surface area contributed by atoms with Crippen LogP contribution in [0.3, 0.4) is 0 Å². The molecule has 0 fully saturated rings. The first-order chi connectivity index (χ1) is 8.61. The van der Waals surface area contributed by atoms with Gasteiger partial charge in [0.25, 0.3) is 0 Å². The van der Waals surface area contributed by atoms with Crippen LogP contribution < -0.4 is 5.73 Å². The SMILES string of the molecule is COC(=O)CCC1=NN(C(N)=O)[C@@](O)(C(Cl)(Cl)Cl)C1. The van der Waals surface area contributed by atoms with E-state index in [4.69, 9.17) is 40.5 Å². The summed E-state index contributed by atoms with van der Waals surface area (Å²) in [4.78, 5) is 22.2. The minimum absolute atomic E-state index is 0.0257. The summed E-state index contributed by atoms with van der Waals surface area (Å²) < 4.78 is 2.27. The molecule has 0 saturated heterocycles. The van der Waals surface area contributed by atoms with E-state index in [1.54, 1.807) is 0 Å². The van der Waals surface area contributed by atoms with Crippen molar-refractivity contribution in [1.82, 2.24) is 5.01 Å². The number of hydrazone groups is 1. The number of esters is 1. The summed E-state index contributed by atoms with van der Waals surface area (Å²) in [5.41, 5.74) is 3.20. The molecule has 19 heavy (non-hydrogen) atoms. The van der Waals surface area contributed by atoms with Gasteiger partial charge in [0.1, 0.15) is 0 Å². The molecule has 10 heteroatoms. The average Bonchev–Trinajstić information content (AvgIpc) is 2.64. The Hall–Kier alpha value is -0.760. The fraction of sp³-hybridized carbons (Fsp3) is 0.667. The van der Waals surface area contributed by atoms with Gasteiger partial charge in [0.2, 0.25) is 9.52 Å². The number of rotatable bonds is 3. The lowest BCUT2D eigenvalue weighted by molar-refractivity contribution is -0.140. The first-order valence-electron chi connectivity index (χ1n) is 5.13. The van der Waals surface area contributed by atoms with Gasteiger partial charge in [0, 0.05) is 12.1 Å². The maximum absolute atomic E-state index is 11.2. The minimum Gasteiger partial charge on any atom is -0.469 e. The van der Waals surface area contributed by atoms with Gasteiger partial charge >= 0.3 is 12.0 Å². The highest BCUT2D eigenvalue weighted by molar-refractivity contribution is 6.68. The number of alkyl halides is 3. The Morgan fingerprint density at radius 2 is 2.16 bits per heavy atom. The van der Waals surface area contributed by atoms with Crippen LogP contribution in [0.4, 0.5) is 4.79 Å². The van der Waals surface area contributed by atoms with Crippen molar-refractivity contribution < 1.29 is 19.4 Å². The Labute approximate surface area is 124 Å². The van der Waals surface area contributed by atoms with Gasteiger partial charge in [-0.2, -0.15) is 10.1 Å². The summed E-state index contributed by atoms with van der Waals surface area (Å²) in [5.74, 6) is -0.461. The third-order valence-electron chi connectivity index (χ3n) is 2.55. The second-order valence-electron chi connectivity index (χ2n) is 3.88. The first kappa shape index (κ1) is 16.3. The first-order valence-corrected chi connectivity index (χ1v) is 6.27. The molecule has 1 aliphatic rings. The number of carbonyl (C=O) groups excluding carboxylic acids is 2. The molecular weight excluding hydrogens is 320 g/mol. The lowest BCUT2D eigenvalue weighted by atomic mass is 10.1. The molecule has 3 N–H and O–H groups in total. The molecule has 1 atom stereocenters. The Balaban J connectivity index is 2.87. The summed E-state index contributed by atoms with van der Waals surface area (Å²) >= 11 is 16.9. The lowest BCUT2D eigenvalue weighted by Gasteiger charge is -2.35. The van der Waals surface area contributed by atoms with Gasteiger partial charge < -0.3 is 15.6 Å². The van der Waals surface area contributed by atoms with E-state index in [2.05, 4.69) is 9.84 Å². The summed E-state index contributed by atoms with van der Waals surface area (Å²) in [6.45, 7) is 0. The molecule has 1 rings (SSSR count). The normalized spacial score (nSPS) is 23.2. The van der Waals surface area contributed by atoms with E-state index in [-0.39, 0.29) is 19.3 Å². The lowest BCUT2D eigenvalue weighted by Crippen LogP contribution is -2.56. The zero-order chi connectivity index (χ0) is 14.8. The third-order valence-corrected chi connectivity index (χ3v) is 3.46. The van der Waals surface area contributed by atoms with Crippen LogP contribution in [-0.4, -0.2) is 44.5 Å². The van der Waals surface area contributed by atoms with Crippen LogP contribution >= 0.6 is 34.8 Å². The van der Waals surface area contributed by atoms with Crippen molar-refractivity contribution in [2.45, 2.75) is 28.8 Å². The zero-order valence-corrected chi connectivity index (χ0v) is 12.2. The number of aliphatic hydroxyl groups is 1. The Kier molecular flexibility index (Phi) is 4.89. The van der Waals surface area contributed by atoms with Gasteiger partial charge in [0.05, 0.1) is 13.5 Å². The van der Waals surface area contributed by atoms with Crippen LogP contribution in [0.15, 0.2) is 5.10 Å². The summed E-state index contributed by atoms with van der Waals surface area (Å²) in [7, 11) is 1.24. The van der Waals surface area contributed by atoms with Gasteiger partial charge in [-0.3, -0.25) is 4.79 Å². The van der Waals surface area contributed by atoms with E-state index < -0.39 is 21.5 Å². The van der Waals surface area contributed by atoms with Gasteiger partial charge in [-0.25, -0.2) is 4.79 Å². The highest BCUT2D eigenvalue weighted by atomic mass is 35.6. The van der Waals surface area contributed by atoms with Crippen LogP contribution in [0.1, 0.15) is 19.3 Å². The number of hydrogen-bond acceptors (Lipinski definition) is 5. The molecule has 108 valence electrons. The van der Waals surface area contributed by atoms with Crippen molar-refractivity contribution in [1.29, 1.82) is 0 Å². The van der Waals surface area contributed by atoms with Crippen molar-refractivity contribution in [2.75, 3.05) is 7.11 Å². The molecule has 0 aromatic carbocycles. The van der Waals surface area contributed by atoms with E-state index in [9.17, 15) is 14.7 Å². The number of nitrogens with zero attached hydrogens (tertiary/aromatic N) is 2. The van der Waals surface area contributed by atoms with E-state index in [1.165, 1.54) is 7.11 Å². The molecule has 0 aromatic heterocycles. The number of urea groups is 1. The average molecular weight is 333 g/mol. The Morgan fingerprint density at radius 1 is 1.58 bits per heavy atom. The van der Waals surface area contributed by atoms with E-state index >= 15 is 0 Å². The number of amides is 2. The predicted octanol–water partition coefficient (Wildman–Crippen LogP) is 1.14. The van der Waals surface area contributed by atoms with Crippen LogP contribution in [0.5, 0.6) is 0 Å². The van der Waals surface area contributed by atoms with Gasteiger partial charge in [-0.15, -0.1) is 0 Å². The molecule has 0 aromatic rings. The largest absolute Gasteiger partial charge is 0.469 e. The second kappa shape index (κ2) is 5.70. The molecule has 7 nitrogen and oxygen atoms in total. The third kappa shape index (κ3) is 3.42.